The lowest BCUT2D eigenvalue weighted by atomic mass is 10.1. The smallest absolute Gasteiger partial charge is 0.292 e. The van der Waals surface area contributed by atoms with E-state index in [1.165, 1.54) is 31.6 Å². The van der Waals surface area contributed by atoms with Gasteiger partial charge in [0.05, 0.1) is 11.0 Å². The highest BCUT2D eigenvalue weighted by Crippen LogP contribution is 2.28. The lowest BCUT2D eigenvalue weighted by Crippen LogP contribution is -2.18. The minimum atomic E-state index is -0.511. The van der Waals surface area contributed by atoms with Crippen molar-refractivity contribution in [3.63, 3.8) is 0 Å². The Bertz CT molecular complexity index is 655. The monoisotopic (exact) mass is 290 g/mol. The van der Waals surface area contributed by atoms with Crippen LogP contribution in [0.15, 0.2) is 24.5 Å². The largest absolute Gasteiger partial charge is 0.370 e. The summed E-state index contributed by atoms with van der Waals surface area (Å²) in [5, 5.41) is 22.9. The number of benzene rings is 1. The van der Waals surface area contributed by atoms with Gasteiger partial charge in [0.1, 0.15) is 17.8 Å². The summed E-state index contributed by atoms with van der Waals surface area (Å²) in [6.07, 6.45) is 1.35. The third-order valence-electron chi connectivity index (χ3n) is 2.90. The van der Waals surface area contributed by atoms with Gasteiger partial charge in [0, 0.05) is 18.7 Å². The van der Waals surface area contributed by atoms with Gasteiger partial charge in [-0.3, -0.25) is 20.0 Å². The standard InChI is InChI=1S/C12H14N6O3/c1-7(11-14-6-15-17-11)16-9-5-8(12(19)13-2)3-4-10(9)18(20)21/h3-7,16H,1-2H3,(H,13,19)(H,14,15,17). The normalized spacial score (nSPS) is 11.7. The Morgan fingerprint density at radius 1 is 1.48 bits per heavy atom. The highest BCUT2D eigenvalue weighted by molar-refractivity contribution is 5.95. The molecule has 1 unspecified atom stereocenters. The first-order valence-corrected chi connectivity index (χ1v) is 6.15. The molecule has 1 aromatic heterocycles. The summed E-state index contributed by atoms with van der Waals surface area (Å²) in [6.45, 7) is 1.77. The van der Waals surface area contributed by atoms with E-state index in [0.717, 1.165) is 0 Å². The second-order valence-corrected chi connectivity index (χ2v) is 4.30. The van der Waals surface area contributed by atoms with Crippen LogP contribution in [0, 0.1) is 10.1 Å². The highest BCUT2D eigenvalue weighted by atomic mass is 16.6. The number of hydrogen-bond acceptors (Lipinski definition) is 6. The number of nitro groups is 1. The van der Waals surface area contributed by atoms with Gasteiger partial charge in [-0.05, 0) is 19.1 Å². The summed E-state index contributed by atoms with van der Waals surface area (Å²) in [6, 6.07) is 3.80. The number of anilines is 1. The quantitative estimate of drug-likeness (QED) is 0.562. The number of amides is 1. The molecule has 0 radical (unpaired) electrons. The number of H-pyrrole nitrogens is 1. The SMILES string of the molecule is CNC(=O)c1ccc([N+](=O)[O-])c(NC(C)c2ncn[nH]2)c1. The van der Waals surface area contributed by atoms with Gasteiger partial charge >= 0.3 is 0 Å². The van der Waals surface area contributed by atoms with E-state index in [0.29, 0.717) is 11.4 Å². The van der Waals surface area contributed by atoms with E-state index in [4.69, 9.17) is 0 Å². The predicted molar refractivity (Wildman–Crippen MR) is 74.9 cm³/mol. The van der Waals surface area contributed by atoms with E-state index >= 15 is 0 Å². The second-order valence-electron chi connectivity index (χ2n) is 4.30. The number of carbonyl (C=O) groups excluding carboxylic acids is 1. The first-order valence-electron chi connectivity index (χ1n) is 6.15. The van der Waals surface area contributed by atoms with Crippen LogP contribution in [0.1, 0.15) is 29.1 Å². The molecule has 1 aromatic carbocycles. The summed E-state index contributed by atoms with van der Waals surface area (Å²) in [4.78, 5) is 26.2. The van der Waals surface area contributed by atoms with Gasteiger partial charge in [-0.15, -0.1) is 0 Å². The molecule has 1 amide bonds. The Balaban J connectivity index is 2.34. The van der Waals surface area contributed by atoms with E-state index < -0.39 is 4.92 Å². The fourth-order valence-corrected chi connectivity index (χ4v) is 1.82. The molecule has 0 saturated carbocycles. The number of nitrogens with zero attached hydrogens (tertiary/aromatic N) is 3. The molecule has 110 valence electrons. The highest BCUT2D eigenvalue weighted by Gasteiger charge is 2.19. The van der Waals surface area contributed by atoms with Gasteiger partial charge in [0.2, 0.25) is 0 Å². The molecule has 0 aliphatic heterocycles. The number of aromatic nitrogens is 3. The van der Waals surface area contributed by atoms with E-state index in [1.807, 2.05) is 0 Å². The number of hydrogen-bond donors (Lipinski definition) is 3. The molecule has 21 heavy (non-hydrogen) atoms. The maximum atomic E-state index is 11.6. The van der Waals surface area contributed by atoms with Crippen LogP contribution in [-0.2, 0) is 0 Å². The molecule has 0 aliphatic carbocycles. The predicted octanol–water partition coefficient (Wildman–Crippen LogP) is 1.25. The van der Waals surface area contributed by atoms with Crippen molar-refractivity contribution in [3.05, 3.63) is 46.0 Å². The Hall–Kier alpha value is -2.97. The Kier molecular flexibility index (Phi) is 4.12. The number of nitrogens with one attached hydrogen (secondary N) is 3. The Morgan fingerprint density at radius 3 is 2.81 bits per heavy atom. The average Bonchev–Trinajstić information content (AvgIpc) is 3.00. The van der Waals surface area contributed by atoms with Crippen LogP contribution in [0.25, 0.3) is 0 Å². The number of aromatic amines is 1. The zero-order valence-electron chi connectivity index (χ0n) is 11.5. The third-order valence-corrected chi connectivity index (χ3v) is 2.90. The minimum Gasteiger partial charge on any atom is -0.370 e. The molecule has 1 atom stereocenters. The van der Waals surface area contributed by atoms with Crippen LogP contribution in [0.4, 0.5) is 11.4 Å². The van der Waals surface area contributed by atoms with Crippen molar-refractivity contribution >= 4 is 17.3 Å². The van der Waals surface area contributed by atoms with E-state index in [-0.39, 0.29) is 23.3 Å². The summed E-state index contributed by atoms with van der Waals surface area (Å²) in [5.74, 6) is 0.218. The molecular weight excluding hydrogens is 276 g/mol. The molecule has 0 fully saturated rings. The van der Waals surface area contributed by atoms with E-state index in [9.17, 15) is 14.9 Å². The molecule has 0 spiro atoms. The fourth-order valence-electron chi connectivity index (χ4n) is 1.82. The maximum Gasteiger partial charge on any atom is 0.292 e. The number of carbonyl (C=O) groups is 1. The zero-order valence-corrected chi connectivity index (χ0v) is 11.5. The molecule has 2 rings (SSSR count). The lowest BCUT2D eigenvalue weighted by Gasteiger charge is -2.13. The second kappa shape index (κ2) is 5.99. The summed E-state index contributed by atoms with van der Waals surface area (Å²) < 4.78 is 0. The maximum absolute atomic E-state index is 11.6. The summed E-state index contributed by atoms with van der Waals surface area (Å²) in [7, 11) is 1.49. The summed E-state index contributed by atoms with van der Waals surface area (Å²) >= 11 is 0. The van der Waals surface area contributed by atoms with Gasteiger partial charge in [0.15, 0.2) is 0 Å². The van der Waals surface area contributed by atoms with Crippen molar-refractivity contribution in [2.75, 3.05) is 12.4 Å². The zero-order chi connectivity index (χ0) is 15.4. The number of rotatable bonds is 5. The molecule has 0 saturated heterocycles. The van der Waals surface area contributed by atoms with Crippen molar-refractivity contribution in [1.82, 2.24) is 20.5 Å². The van der Waals surface area contributed by atoms with Gasteiger partial charge in [0.25, 0.3) is 11.6 Å². The van der Waals surface area contributed by atoms with Gasteiger partial charge in [-0.1, -0.05) is 0 Å². The first kappa shape index (κ1) is 14.4. The molecule has 0 aliphatic rings. The van der Waals surface area contributed by atoms with Gasteiger partial charge in [-0.25, -0.2) is 4.98 Å². The first-order chi connectivity index (χ1) is 10.0. The third kappa shape index (κ3) is 3.14. The van der Waals surface area contributed by atoms with E-state index in [2.05, 4.69) is 25.8 Å². The molecule has 3 N–H and O–H groups in total. The van der Waals surface area contributed by atoms with Crippen molar-refractivity contribution < 1.29 is 9.72 Å². The Morgan fingerprint density at radius 2 is 2.24 bits per heavy atom. The topological polar surface area (TPSA) is 126 Å². The van der Waals surface area contributed by atoms with Gasteiger partial charge in [-0.2, -0.15) is 5.10 Å². The van der Waals surface area contributed by atoms with Crippen LogP contribution in [0.3, 0.4) is 0 Å². The van der Waals surface area contributed by atoms with Crippen LogP contribution >= 0.6 is 0 Å². The van der Waals surface area contributed by atoms with Crippen LogP contribution in [-0.4, -0.2) is 33.1 Å². The van der Waals surface area contributed by atoms with Crippen molar-refractivity contribution in [2.24, 2.45) is 0 Å². The average molecular weight is 290 g/mol. The minimum absolute atomic E-state index is 0.117. The summed E-state index contributed by atoms with van der Waals surface area (Å²) in [5.41, 5.74) is 0.453. The molecule has 9 heteroatoms. The van der Waals surface area contributed by atoms with Crippen LogP contribution in [0.2, 0.25) is 0 Å². The van der Waals surface area contributed by atoms with Crippen molar-refractivity contribution in [1.29, 1.82) is 0 Å². The molecular formula is C12H14N6O3. The van der Waals surface area contributed by atoms with Crippen molar-refractivity contribution in [3.8, 4) is 0 Å². The molecule has 9 nitrogen and oxygen atoms in total. The lowest BCUT2D eigenvalue weighted by molar-refractivity contribution is -0.384. The van der Waals surface area contributed by atoms with Crippen LogP contribution in [0.5, 0.6) is 0 Å². The fraction of sp³-hybridized carbons (Fsp3) is 0.250. The molecule has 0 bridgehead atoms. The molecule has 1 heterocycles. The van der Waals surface area contributed by atoms with Crippen molar-refractivity contribution in [2.45, 2.75) is 13.0 Å². The van der Waals surface area contributed by atoms with Gasteiger partial charge < -0.3 is 10.6 Å². The molecule has 2 aromatic rings. The van der Waals surface area contributed by atoms with E-state index in [1.54, 1.807) is 6.92 Å². The van der Waals surface area contributed by atoms with Crippen LogP contribution < -0.4 is 10.6 Å². The Labute approximate surface area is 119 Å². The number of nitro benzene ring substituents is 1.